The molecule has 6 heteroatoms. The van der Waals surface area contributed by atoms with E-state index in [9.17, 15) is 5.11 Å². The third kappa shape index (κ3) is 3.34. The fourth-order valence-electron chi connectivity index (χ4n) is 1.69. The molecule has 2 aromatic rings. The molecule has 2 aromatic heterocycles. The second kappa shape index (κ2) is 6.92. The SMILES string of the molecule is CCCn1c(CO)nnc1SCCc1cccs1. The number of aliphatic hydroxyl groups excluding tert-OH is 1. The minimum Gasteiger partial charge on any atom is -0.388 e. The van der Waals surface area contributed by atoms with Gasteiger partial charge >= 0.3 is 0 Å². The molecule has 0 saturated heterocycles. The van der Waals surface area contributed by atoms with Crippen molar-refractivity contribution in [2.45, 2.75) is 38.1 Å². The van der Waals surface area contributed by atoms with E-state index >= 15 is 0 Å². The van der Waals surface area contributed by atoms with Crippen LogP contribution in [0.15, 0.2) is 22.7 Å². The van der Waals surface area contributed by atoms with Gasteiger partial charge in [0, 0.05) is 17.2 Å². The molecule has 0 radical (unpaired) electrons. The first-order valence-corrected chi connectivity index (χ1v) is 7.89. The first kappa shape index (κ1) is 13.6. The van der Waals surface area contributed by atoms with E-state index in [4.69, 9.17) is 0 Å². The summed E-state index contributed by atoms with van der Waals surface area (Å²) in [6, 6.07) is 4.23. The summed E-state index contributed by atoms with van der Waals surface area (Å²) in [7, 11) is 0. The maximum absolute atomic E-state index is 9.20. The van der Waals surface area contributed by atoms with E-state index in [-0.39, 0.29) is 6.61 Å². The molecule has 0 bridgehead atoms. The second-order valence-electron chi connectivity index (χ2n) is 3.89. The lowest BCUT2D eigenvalue weighted by Gasteiger charge is -2.06. The van der Waals surface area contributed by atoms with Gasteiger partial charge in [-0.25, -0.2) is 0 Å². The summed E-state index contributed by atoms with van der Waals surface area (Å²) >= 11 is 3.49. The molecule has 0 aliphatic heterocycles. The number of aromatic nitrogens is 3. The van der Waals surface area contributed by atoms with Crippen molar-refractivity contribution in [2.75, 3.05) is 5.75 Å². The van der Waals surface area contributed by atoms with Crippen LogP contribution in [0, 0.1) is 0 Å². The molecule has 2 rings (SSSR count). The molecule has 4 nitrogen and oxygen atoms in total. The van der Waals surface area contributed by atoms with E-state index in [1.54, 1.807) is 23.1 Å². The average molecular weight is 283 g/mol. The van der Waals surface area contributed by atoms with Gasteiger partial charge in [-0.3, -0.25) is 0 Å². The highest BCUT2D eigenvalue weighted by atomic mass is 32.2. The molecular formula is C12H17N3OS2. The topological polar surface area (TPSA) is 50.9 Å². The second-order valence-corrected chi connectivity index (χ2v) is 5.98. The van der Waals surface area contributed by atoms with Gasteiger partial charge in [0.25, 0.3) is 0 Å². The minimum absolute atomic E-state index is 0.0432. The normalized spacial score (nSPS) is 11.0. The van der Waals surface area contributed by atoms with E-state index in [1.807, 2.05) is 4.57 Å². The maximum atomic E-state index is 9.20. The van der Waals surface area contributed by atoms with Gasteiger partial charge < -0.3 is 9.67 Å². The van der Waals surface area contributed by atoms with Crippen LogP contribution in [0.2, 0.25) is 0 Å². The van der Waals surface area contributed by atoms with E-state index < -0.39 is 0 Å². The van der Waals surface area contributed by atoms with Crippen molar-refractivity contribution < 1.29 is 5.11 Å². The van der Waals surface area contributed by atoms with Crippen LogP contribution in [0.1, 0.15) is 24.0 Å². The lowest BCUT2D eigenvalue weighted by Crippen LogP contribution is -2.05. The first-order valence-electron chi connectivity index (χ1n) is 6.03. The Morgan fingerprint density at radius 3 is 3.00 bits per heavy atom. The Morgan fingerprint density at radius 1 is 1.44 bits per heavy atom. The third-order valence-corrected chi connectivity index (χ3v) is 4.45. The van der Waals surface area contributed by atoms with Crippen LogP contribution in [0.25, 0.3) is 0 Å². The van der Waals surface area contributed by atoms with Gasteiger partial charge in [0.05, 0.1) is 0 Å². The zero-order valence-corrected chi connectivity index (χ0v) is 12.0. The van der Waals surface area contributed by atoms with Crippen LogP contribution < -0.4 is 0 Å². The van der Waals surface area contributed by atoms with Crippen LogP contribution in [-0.4, -0.2) is 25.6 Å². The van der Waals surface area contributed by atoms with Gasteiger partial charge in [-0.2, -0.15) is 0 Å². The van der Waals surface area contributed by atoms with Gasteiger partial charge in [0.2, 0.25) is 0 Å². The molecule has 0 aromatic carbocycles. The predicted octanol–water partition coefficient (Wildman–Crippen LogP) is 2.58. The summed E-state index contributed by atoms with van der Waals surface area (Å²) < 4.78 is 2.01. The Morgan fingerprint density at radius 2 is 2.33 bits per heavy atom. The fourth-order valence-corrected chi connectivity index (χ4v) is 3.48. The molecule has 0 fully saturated rings. The van der Waals surface area contributed by atoms with E-state index in [2.05, 4.69) is 34.6 Å². The third-order valence-electron chi connectivity index (χ3n) is 2.54. The van der Waals surface area contributed by atoms with Crippen molar-refractivity contribution in [3.8, 4) is 0 Å². The molecule has 0 aliphatic carbocycles. The molecule has 2 heterocycles. The average Bonchev–Trinajstić information content (AvgIpc) is 3.00. The molecule has 0 spiro atoms. The molecule has 18 heavy (non-hydrogen) atoms. The Balaban J connectivity index is 1.94. The maximum Gasteiger partial charge on any atom is 0.191 e. The van der Waals surface area contributed by atoms with Crippen LogP contribution >= 0.6 is 23.1 Å². The van der Waals surface area contributed by atoms with Crippen molar-refractivity contribution >= 4 is 23.1 Å². The summed E-state index contributed by atoms with van der Waals surface area (Å²) in [5.41, 5.74) is 0. The molecule has 0 unspecified atom stereocenters. The van der Waals surface area contributed by atoms with Gasteiger partial charge in [-0.05, 0) is 24.3 Å². The molecule has 0 amide bonds. The lowest BCUT2D eigenvalue weighted by molar-refractivity contribution is 0.263. The molecule has 98 valence electrons. The van der Waals surface area contributed by atoms with Gasteiger partial charge in [0.1, 0.15) is 6.61 Å². The predicted molar refractivity (Wildman–Crippen MR) is 75.0 cm³/mol. The highest BCUT2D eigenvalue weighted by Gasteiger charge is 2.10. The number of thioether (sulfide) groups is 1. The Kier molecular flexibility index (Phi) is 5.22. The van der Waals surface area contributed by atoms with Gasteiger partial charge in [-0.1, -0.05) is 24.8 Å². The number of aryl methyl sites for hydroxylation is 1. The zero-order valence-electron chi connectivity index (χ0n) is 10.4. The summed E-state index contributed by atoms with van der Waals surface area (Å²) in [4.78, 5) is 1.39. The number of thiophene rings is 1. The summed E-state index contributed by atoms with van der Waals surface area (Å²) in [6.45, 7) is 2.93. The summed E-state index contributed by atoms with van der Waals surface area (Å²) in [6.07, 6.45) is 2.07. The number of rotatable bonds is 7. The highest BCUT2D eigenvalue weighted by molar-refractivity contribution is 7.99. The molecule has 0 aliphatic rings. The van der Waals surface area contributed by atoms with E-state index in [0.717, 1.165) is 30.3 Å². The Hall–Kier alpha value is -0.850. The van der Waals surface area contributed by atoms with E-state index in [1.165, 1.54) is 4.88 Å². The molecule has 0 atom stereocenters. The quantitative estimate of drug-likeness (QED) is 0.794. The molecule has 1 N–H and O–H groups in total. The largest absolute Gasteiger partial charge is 0.388 e. The van der Waals surface area contributed by atoms with E-state index in [0.29, 0.717) is 5.82 Å². The molecular weight excluding hydrogens is 266 g/mol. The number of hydrogen-bond acceptors (Lipinski definition) is 5. The first-order chi connectivity index (χ1) is 8.85. The number of nitrogens with zero attached hydrogens (tertiary/aromatic N) is 3. The number of hydrogen-bond donors (Lipinski definition) is 1. The van der Waals surface area contributed by atoms with Crippen LogP contribution in [0.3, 0.4) is 0 Å². The van der Waals surface area contributed by atoms with Crippen LogP contribution in [0.5, 0.6) is 0 Å². The van der Waals surface area contributed by atoms with Crippen molar-refractivity contribution in [1.29, 1.82) is 0 Å². The standard InChI is InChI=1S/C12H17N3OS2/c1-2-6-15-11(9-16)13-14-12(15)18-8-5-10-4-3-7-17-10/h3-4,7,16H,2,5-6,8-9H2,1H3. The van der Waals surface area contributed by atoms with Crippen molar-refractivity contribution in [1.82, 2.24) is 14.8 Å². The zero-order chi connectivity index (χ0) is 12.8. The summed E-state index contributed by atoms with van der Waals surface area (Å²) in [5, 5.41) is 20.4. The highest BCUT2D eigenvalue weighted by Crippen LogP contribution is 2.20. The number of aliphatic hydroxyl groups is 1. The minimum atomic E-state index is -0.0432. The monoisotopic (exact) mass is 283 g/mol. The fraction of sp³-hybridized carbons (Fsp3) is 0.500. The Bertz CT molecular complexity index is 468. The van der Waals surface area contributed by atoms with Crippen LogP contribution in [-0.2, 0) is 19.6 Å². The van der Waals surface area contributed by atoms with Crippen molar-refractivity contribution in [2.24, 2.45) is 0 Å². The summed E-state index contributed by atoms with van der Waals surface area (Å²) in [5.74, 6) is 1.66. The lowest BCUT2D eigenvalue weighted by atomic mass is 10.4. The van der Waals surface area contributed by atoms with Gasteiger partial charge in [-0.15, -0.1) is 21.5 Å². The Labute approximate surface area is 115 Å². The van der Waals surface area contributed by atoms with Crippen LogP contribution in [0.4, 0.5) is 0 Å². The van der Waals surface area contributed by atoms with Crippen molar-refractivity contribution in [3.63, 3.8) is 0 Å². The van der Waals surface area contributed by atoms with Crippen molar-refractivity contribution in [3.05, 3.63) is 28.2 Å². The smallest absolute Gasteiger partial charge is 0.191 e. The molecule has 0 saturated carbocycles. The van der Waals surface area contributed by atoms with Gasteiger partial charge in [0.15, 0.2) is 11.0 Å².